The Hall–Kier alpha value is -1.90. The Kier molecular flexibility index (Phi) is 4.07. The van der Waals surface area contributed by atoms with Crippen LogP contribution in [0.5, 0.6) is 0 Å². The molecule has 0 N–H and O–H groups in total. The van der Waals surface area contributed by atoms with Crippen LogP contribution in [-0.4, -0.2) is 11.8 Å². The van der Waals surface area contributed by atoms with E-state index in [-0.39, 0.29) is 5.78 Å². The Balaban J connectivity index is 2.31. The van der Waals surface area contributed by atoms with Crippen LogP contribution in [0.4, 0.5) is 0 Å². The standard InChI is InChI=1S/C17H20O3/c1-10-4-6-13(7-5-10)16(18)14-8-11(2)12(3)9-15(14)17(19)20/h4-7,14-15H,8-9H2,1-3H3,(H,19,20)/p-1/t14-,15+/m1/s1. The molecule has 0 heterocycles. The maximum Gasteiger partial charge on any atom is 0.166 e. The number of benzene rings is 1. The van der Waals surface area contributed by atoms with E-state index >= 15 is 0 Å². The van der Waals surface area contributed by atoms with Gasteiger partial charge < -0.3 is 9.90 Å². The Morgan fingerprint density at radius 2 is 1.45 bits per heavy atom. The fourth-order valence-corrected chi connectivity index (χ4v) is 2.75. The molecule has 1 aromatic rings. The van der Waals surface area contributed by atoms with Crippen molar-refractivity contribution in [2.45, 2.75) is 33.6 Å². The van der Waals surface area contributed by atoms with Gasteiger partial charge in [-0.1, -0.05) is 41.0 Å². The summed E-state index contributed by atoms with van der Waals surface area (Å²) in [6, 6.07) is 7.28. The molecule has 0 fully saturated rings. The van der Waals surface area contributed by atoms with Gasteiger partial charge in [0.25, 0.3) is 0 Å². The highest BCUT2D eigenvalue weighted by atomic mass is 16.4. The van der Waals surface area contributed by atoms with E-state index in [1.807, 2.05) is 32.9 Å². The highest BCUT2D eigenvalue weighted by molar-refractivity contribution is 6.00. The molecule has 2 rings (SSSR count). The Labute approximate surface area is 119 Å². The van der Waals surface area contributed by atoms with E-state index in [4.69, 9.17) is 0 Å². The average molecular weight is 271 g/mol. The van der Waals surface area contributed by atoms with Gasteiger partial charge in [0.1, 0.15) is 0 Å². The smallest absolute Gasteiger partial charge is 0.166 e. The highest BCUT2D eigenvalue weighted by Crippen LogP contribution is 2.35. The van der Waals surface area contributed by atoms with Gasteiger partial charge in [0.05, 0.1) is 0 Å². The fourth-order valence-electron chi connectivity index (χ4n) is 2.75. The summed E-state index contributed by atoms with van der Waals surface area (Å²) in [5.74, 6) is -2.44. The maximum atomic E-state index is 12.6. The van der Waals surface area contributed by atoms with Crippen molar-refractivity contribution >= 4 is 11.8 Å². The van der Waals surface area contributed by atoms with Crippen molar-refractivity contribution in [3.63, 3.8) is 0 Å². The molecule has 0 spiro atoms. The fraction of sp³-hybridized carbons (Fsp3) is 0.412. The number of carboxylic acid groups (broad SMARTS) is 1. The number of aryl methyl sites for hydroxylation is 1. The number of carbonyl (C=O) groups excluding carboxylic acids is 2. The van der Waals surface area contributed by atoms with E-state index in [1.54, 1.807) is 12.1 Å². The Morgan fingerprint density at radius 1 is 0.950 bits per heavy atom. The SMILES string of the molecule is CC1=C(C)C[C@@H](C(=O)c2ccc(C)cc2)[C@@H](C(=O)[O-])C1. The first kappa shape index (κ1) is 14.5. The van der Waals surface area contributed by atoms with E-state index < -0.39 is 17.8 Å². The number of Topliss-reactive ketones (excluding diaryl/α,β-unsaturated/α-hetero) is 1. The molecular formula is C17H19O3-. The number of hydrogen-bond donors (Lipinski definition) is 0. The van der Waals surface area contributed by atoms with Crippen molar-refractivity contribution in [1.82, 2.24) is 0 Å². The molecule has 2 atom stereocenters. The summed E-state index contributed by atoms with van der Waals surface area (Å²) in [5, 5.41) is 11.3. The van der Waals surface area contributed by atoms with Crippen molar-refractivity contribution in [1.29, 1.82) is 0 Å². The number of carboxylic acids is 1. The van der Waals surface area contributed by atoms with Gasteiger partial charge >= 0.3 is 0 Å². The third-order valence-electron chi connectivity index (χ3n) is 4.24. The van der Waals surface area contributed by atoms with Crippen molar-refractivity contribution in [2.24, 2.45) is 11.8 Å². The summed E-state index contributed by atoms with van der Waals surface area (Å²) in [4.78, 5) is 23.9. The van der Waals surface area contributed by atoms with Crippen molar-refractivity contribution in [3.8, 4) is 0 Å². The van der Waals surface area contributed by atoms with E-state index in [2.05, 4.69) is 0 Å². The van der Waals surface area contributed by atoms with Crippen LogP contribution in [0.3, 0.4) is 0 Å². The summed E-state index contributed by atoms with van der Waals surface area (Å²) >= 11 is 0. The van der Waals surface area contributed by atoms with Crippen molar-refractivity contribution < 1.29 is 14.7 Å². The first-order valence-corrected chi connectivity index (χ1v) is 6.87. The highest BCUT2D eigenvalue weighted by Gasteiger charge is 2.33. The summed E-state index contributed by atoms with van der Waals surface area (Å²) in [6.07, 6.45) is 0.924. The minimum Gasteiger partial charge on any atom is -0.550 e. The quantitative estimate of drug-likeness (QED) is 0.626. The van der Waals surface area contributed by atoms with Crippen LogP contribution in [0.1, 0.15) is 42.6 Å². The molecule has 20 heavy (non-hydrogen) atoms. The second kappa shape index (κ2) is 5.61. The van der Waals surface area contributed by atoms with Crippen molar-refractivity contribution in [2.75, 3.05) is 0 Å². The minimum atomic E-state index is -1.12. The predicted molar refractivity (Wildman–Crippen MR) is 75.1 cm³/mol. The van der Waals surface area contributed by atoms with E-state index in [0.29, 0.717) is 18.4 Å². The van der Waals surface area contributed by atoms with Crippen LogP contribution < -0.4 is 5.11 Å². The van der Waals surface area contributed by atoms with Crippen LogP contribution in [-0.2, 0) is 4.79 Å². The zero-order valence-electron chi connectivity index (χ0n) is 12.1. The number of aliphatic carboxylic acids is 1. The lowest BCUT2D eigenvalue weighted by Crippen LogP contribution is -2.41. The topological polar surface area (TPSA) is 57.2 Å². The van der Waals surface area contributed by atoms with Crippen LogP contribution >= 0.6 is 0 Å². The number of rotatable bonds is 3. The molecule has 0 aliphatic heterocycles. The molecule has 3 nitrogen and oxygen atoms in total. The molecule has 0 saturated carbocycles. The van der Waals surface area contributed by atoms with Gasteiger partial charge in [-0.25, -0.2) is 0 Å². The number of allylic oxidation sites excluding steroid dienone is 2. The maximum absolute atomic E-state index is 12.6. The van der Waals surface area contributed by atoms with Gasteiger partial charge in [0.15, 0.2) is 5.78 Å². The van der Waals surface area contributed by atoms with Crippen LogP contribution in [0.15, 0.2) is 35.4 Å². The van der Waals surface area contributed by atoms with Gasteiger partial charge in [0.2, 0.25) is 0 Å². The van der Waals surface area contributed by atoms with E-state index in [9.17, 15) is 14.7 Å². The molecule has 0 radical (unpaired) electrons. The molecule has 0 saturated heterocycles. The van der Waals surface area contributed by atoms with Crippen molar-refractivity contribution in [3.05, 3.63) is 46.5 Å². The second-order valence-corrected chi connectivity index (χ2v) is 5.73. The van der Waals surface area contributed by atoms with Gasteiger partial charge in [-0.2, -0.15) is 0 Å². The van der Waals surface area contributed by atoms with E-state index in [0.717, 1.165) is 16.7 Å². The lowest BCUT2D eigenvalue weighted by Gasteiger charge is -2.32. The molecule has 0 unspecified atom stereocenters. The predicted octanol–water partition coefficient (Wildman–Crippen LogP) is 2.29. The molecule has 1 aromatic carbocycles. The Bertz CT molecular complexity index is 566. The normalized spacial score (nSPS) is 22.8. The summed E-state index contributed by atoms with van der Waals surface area (Å²) in [5.41, 5.74) is 3.84. The van der Waals surface area contributed by atoms with Gasteiger partial charge in [0, 0.05) is 23.4 Å². The largest absolute Gasteiger partial charge is 0.550 e. The molecular weight excluding hydrogens is 252 g/mol. The molecule has 0 aromatic heterocycles. The first-order valence-electron chi connectivity index (χ1n) is 6.87. The summed E-state index contributed by atoms with van der Waals surface area (Å²) in [7, 11) is 0. The van der Waals surface area contributed by atoms with E-state index in [1.165, 1.54) is 0 Å². The lowest BCUT2D eigenvalue weighted by molar-refractivity contribution is -0.313. The van der Waals surface area contributed by atoms with Crippen LogP contribution in [0.25, 0.3) is 0 Å². The van der Waals surface area contributed by atoms with Gasteiger partial charge in [-0.05, 0) is 33.6 Å². The zero-order valence-corrected chi connectivity index (χ0v) is 12.1. The number of carbonyl (C=O) groups is 2. The monoisotopic (exact) mass is 271 g/mol. The Morgan fingerprint density at radius 3 is 1.95 bits per heavy atom. The molecule has 1 aliphatic rings. The first-order chi connectivity index (χ1) is 9.40. The minimum absolute atomic E-state index is 0.0916. The zero-order chi connectivity index (χ0) is 14.9. The third-order valence-corrected chi connectivity index (χ3v) is 4.24. The molecule has 3 heteroatoms. The molecule has 106 valence electrons. The summed E-state index contributed by atoms with van der Waals surface area (Å²) in [6.45, 7) is 5.85. The molecule has 1 aliphatic carbocycles. The lowest BCUT2D eigenvalue weighted by atomic mass is 9.73. The van der Waals surface area contributed by atoms with Crippen LogP contribution in [0, 0.1) is 18.8 Å². The second-order valence-electron chi connectivity index (χ2n) is 5.73. The molecule has 0 bridgehead atoms. The van der Waals surface area contributed by atoms with Gasteiger partial charge in [-0.3, -0.25) is 4.79 Å². The summed E-state index contributed by atoms with van der Waals surface area (Å²) < 4.78 is 0. The number of ketones is 1. The van der Waals surface area contributed by atoms with Gasteiger partial charge in [-0.15, -0.1) is 0 Å². The average Bonchev–Trinajstić information content (AvgIpc) is 2.41. The van der Waals surface area contributed by atoms with Crippen LogP contribution in [0.2, 0.25) is 0 Å². The molecule has 0 amide bonds. The third kappa shape index (κ3) is 2.82. The number of hydrogen-bond acceptors (Lipinski definition) is 3.